The second-order valence-electron chi connectivity index (χ2n) is 3.35. The van der Waals surface area contributed by atoms with Gasteiger partial charge in [-0.1, -0.05) is 13.3 Å². The Balaban J connectivity index is 2.34. The molecule has 16 heavy (non-hydrogen) atoms. The highest BCUT2D eigenvalue weighted by atomic mass is 35.5. The third-order valence-electron chi connectivity index (χ3n) is 2.13. The van der Waals surface area contributed by atoms with Crippen LogP contribution in [0, 0.1) is 0 Å². The second kappa shape index (κ2) is 5.03. The molecule has 0 aliphatic heterocycles. The quantitative estimate of drug-likeness (QED) is 0.653. The number of nitrogens with one attached hydrogen (secondary N) is 1. The van der Waals surface area contributed by atoms with Crippen molar-refractivity contribution in [2.75, 3.05) is 11.9 Å². The predicted molar refractivity (Wildman–Crippen MR) is 63.5 cm³/mol. The number of hydrogen-bond donors (Lipinski definition) is 1. The van der Waals surface area contributed by atoms with Crippen LogP contribution in [0.15, 0.2) is 12.4 Å². The minimum absolute atomic E-state index is 0.187. The van der Waals surface area contributed by atoms with Crippen LogP contribution in [0.25, 0.3) is 11.2 Å². The molecule has 6 heteroatoms. The van der Waals surface area contributed by atoms with Gasteiger partial charge in [0.1, 0.15) is 0 Å². The molecule has 2 aromatic heterocycles. The van der Waals surface area contributed by atoms with Crippen LogP contribution in [0.3, 0.4) is 0 Å². The lowest BCUT2D eigenvalue weighted by Crippen LogP contribution is -2.05. The number of hydrogen-bond acceptors (Lipinski definition) is 5. The topological polar surface area (TPSA) is 63.6 Å². The summed E-state index contributed by atoms with van der Waals surface area (Å²) in [6.45, 7) is 2.97. The smallest absolute Gasteiger partial charge is 0.226 e. The summed E-state index contributed by atoms with van der Waals surface area (Å²) in [6, 6.07) is 0. The Bertz CT molecular complexity index is 488. The van der Waals surface area contributed by atoms with E-state index in [1.807, 2.05) is 0 Å². The van der Waals surface area contributed by atoms with E-state index in [-0.39, 0.29) is 5.28 Å². The highest BCUT2D eigenvalue weighted by molar-refractivity contribution is 6.28. The maximum absolute atomic E-state index is 5.81. The van der Waals surface area contributed by atoms with Gasteiger partial charge in [-0.25, -0.2) is 9.97 Å². The van der Waals surface area contributed by atoms with Gasteiger partial charge in [0, 0.05) is 18.9 Å². The lowest BCUT2D eigenvalue weighted by atomic mass is 10.3. The van der Waals surface area contributed by atoms with Gasteiger partial charge in [-0.15, -0.1) is 0 Å². The van der Waals surface area contributed by atoms with Crippen LogP contribution in [-0.4, -0.2) is 26.5 Å². The number of unbranched alkanes of at least 4 members (excludes halogenated alkanes) is 1. The minimum atomic E-state index is 0.187. The Kier molecular flexibility index (Phi) is 3.46. The lowest BCUT2D eigenvalue weighted by molar-refractivity contribution is 0.831. The van der Waals surface area contributed by atoms with Crippen molar-refractivity contribution >= 4 is 28.6 Å². The molecule has 0 bridgehead atoms. The molecule has 0 aromatic carbocycles. The molecule has 0 aliphatic rings. The molecule has 0 spiro atoms. The van der Waals surface area contributed by atoms with E-state index in [0.717, 1.165) is 19.4 Å². The van der Waals surface area contributed by atoms with E-state index in [4.69, 9.17) is 11.6 Å². The van der Waals surface area contributed by atoms with E-state index in [1.54, 1.807) is 12.4 Å². The number of nitrogens with zero attached hydrogens (tertiary/aromatic N) is 4. The van der Waals surface area contributed by atoms with E-state index in [9.17, 15) is 0 Å². The molecule has 2 aromatic rings. The van der Waals surface area contributed by atoms with Gasteiger partial charge in [0.05, 0.1) is 0 Å². The van der Waals surface area contributed by atoms with Crippen molar-refractivity contribution in [1.29, 1.82) is 0 Å². The summed E-state index contributed by atoms with van der Waals surface area (Å²) in [4.78, 5) is 16.4. The first kappa shape index (κ1) is 11.0. The third kappa shape index (κ3) is 2.36. The molecule has 2 heterocycles. The van der Waals surface area contributed by atoms with Crippen molar-refractivity contribution in [2.45, 2.75) is 19.8 Å². The van der Waals surface area contributed by atoms with Crippen LogP contribution in [-0.2, 0) is 0 Å². The van der Waals surface area contributed by atoms with Gasteiger partial charge in [0.25, 0.3) is 0 Å². The fourth-order valence-corrected chi connectivity index (χ4v) is 1.51. The molecular weight excluding hydrogens is 226 g/mol. The molecule has 5 nitrogen and oxygen atoms in total. The van der Waals surface area contributed by atoms with Crippen molar-refractivity contribution in [3.8, 4) is 0 Å². The van der Waals surface area contributed by atoms with Crippen LogP contribution in [0.5, 0.6) is 0 Å². The molecular formula is C10H12ClN5. The van der Waals surface area contributed by atoms with Gasteiger partial charge >= 0.3 is 0 Å². The van der Waals surface area contributed by atoms with Crippen molar-refractivity contribution in [1.82, 2.24) is 19.9 Å². The maximum atomic E-state index is 5.81. The number of rotatable bonds is 4. The van der Waals surface area contributed by atoms with Gasteiger partial charge in [0.2, 0.25) is 5.28 Å². The number of aromatic nitrogens is 4. The molecule has 0 fully saturated rings. The van der Waals surface area contributed by atoms with Gasteiger partial charge in [0.15, 0.2) is 17.0 Å². The van der Waals surface area contributed by atoms with Crippen LogP contribution in [0.4, 0.5) is 5.82 Å². The summed E-state index contributed by atoms with van der Waals surface area (Å²) in [7, 11) is 0. The Labute approximate surface area is 98.3 Å². The first-order chi connectivity index (χ1) is 7.81. The summed E-state index contributed by atoms with van der Waals surface area (Å²) < 4.78 is 0. The maximum Gasteiger partial charge on any atom is 0.226 e. The van der Waals surface area contributed by atoms with Crippen molar-refractivity contribution in [3.05, 3.63) is 17.7 Å². The number of halogens is 1. The molecule has 0 saturated carbocycles. The summed E-state index contributed by atoms with van der Waals surface area (Å²) in [6.07, 6.45) is 5.39. The van der Waals surface area contributed by atoms with E-state index in [0.29, 0.717) is 17.0 Å². The van der Waals surface area contributed by atoms with Crippen molar-refractivity contribution in [3.63, 3.8) is 0 Å². The van der Waals surface area contributed by atoms with Gasteiger partial charge in [-0.05, 0) is 18.0 Å². The van der Waals surface area contributed by atoms with Crippen LogP contribution in [0.2, 0.25) is 5.28 Å². The zero-order valence-electron chi connectivity index (χ0n) is 8.94. The number of fused-ring (bicyclic) bond motifs is 1. The summed E-state index contributed by atoms with van der Waals surface area (Å²) in [5.41, 5.74) is 1.17. The van der Waals surface area contributed by atoms with Gasteiger partial charge < -0.3 is 5.32 Å². The second-order valence-corrected chi connectivity index (χ2v) is 3.69. The average Bonchev–Trinajstić information content (AvgIpc) is 2.29. The van der Waals surface area contributed by atoms with Gasteiger partial charge in [-0.3, -0.25) is 0 Å². The molecule has 0 saturated heterocycles. The predicted octanol–water partition coefficient (Wildman–Crippen LogP) is 2.29. The van der Waals surface area contributed by atoms with E-state index >= 15 is 0 Å². The zero-order valence-corrected chi connectivity index (χ0v) is 9.70. The van der Waals surface area contributed by atoms with Gasteiger partial charge in [-0.2, -0.15) is 9.97 Å². The van der Waals surface area contributed by atoms with E-state index in [1.165, 1.54) is 0 Å². The Morgan fingerprint density at radius 3 is 2.88 bits per heavy atom. The third-order valence-corrected chi connectivity index (χ3v) is 2.30. The first-order valence-corrected chi connectivity index (χ1v) is 5.57. The first-order valence-electron chi connectivity index (χ1n) is 5.19. The fraction of sp³-hybridized carbons (Fsp3) is 0.400. The molecule has 0 unspecified atom stereocenters. The lowest BCUT2D eigenvalue weighted by Gasteiger charge is -2.06. The van der Waals surface area contributed by atoms with E-state index < -0.39 is 0 Å². The Morgan fingerprint density at radius 1 is 1.25 bits per heavy atom. The number of anilines is 1. The molecule has 0 amide bonds. The molecule has 1 N–H and O–H groups in total. The normalized spacial score (nSPS) is 10.6. The monoisotopic (exact) mass is 237 g/mol. The zero-order chi connectivity index (χ0) is 11.4. The van der Waals surface area contributed by atoms with Crippen molar-refractivity contribution in [2.24, 2.45) is 0 Å². The average molecular weight is 238 g/mol. The minimum Gasteiger partial charge on any atom is -0.368 e. The van der Waals surface area contributed by atoms with Crippen LogP contribution >= 0.6 is 11.6 Å². The molecule has 2 rings (SSSR count). The van der Waals surface area contributed by atoms with Crippen molar-refractivity contribution < 1.29 is 0 Å². The fourth-order valence-electron chi connectivity index (χ4n) is 1.34. The Morgan fingerprint density at radius 2 is 2.06 bits per heavy atom. The summed E-state index contributed by atoms with van der Waals surface area (Å²) in [5.74, 6) is 0.650. The van der Waals surface area contributed by atoms with E-state index in [2.05, 4.69) is 32.2 Å². The summed E-state index contributed by atoms with van der Waals surface area (Å²) >= 11 is 5.81. The largest absolute Gasteiger partial charge is 0.368 e. The van der Waals surface area contributed by atoms with Crippen LogP contribution < -0.4 is 5.32 Å². The molecule has 0 atom stereocenters. The molecule has 84 valence electrons. The standard InChI is InChI=1S/C10H12ClN5/c1-2-3-4-13-8-7-9(14-6-5-12-7)16-10(11)15-8/h5-6H,2-4H2,1H3,(H,13,14,15,16). The Hall–Kier alpha value is -1.49. The molecule has 0 radical (unpaired) electrons. The summed E-state index contributed by atoms with van der Waals surface area (Å²) in [5, 5.41) is 3.38. The van der Waals surface area contributed by atoms with Crippen LogP contribution in [0.1, 0.15) is 19.8 Å². The SMILES string of the molecule is CCCCNc1nc(Cl)nc2nccnc12. The highest BCUT2D eigenvalue weighted by Crippen LogP contribution is 2.17. The molecule has 0 aliphatic carbocycles. The highest BCUT2D eigenvalue weighted by Gasteiger charge is 2.07.